The first-order valence-corrected chi connectivity index (χ1v) is 6.56. The lowest BCUT2D eigenvalue weighted by molar-refractivity contribution is -0.000229. The van der Waals surface area contributed by atoms with Gasteiger partial charge in [-0.2, -0.15) is 5.10 Å². The smallest absolute Gasteiger partial charge is 0.341 e. The molecular weight excluding hydrogens is 256 g/mol. The predicted octanol–water partition coefficient (Wildman–Crippen LogP) is 2.35. The molecule has 5 heteroatoms. The number of esters is 1. The first-order chi connectivity index (χ1) is 9.65. The molecule has 3 rings (SSSR count). The molecule has 2 atom stereocenters. The fourth-order valence-corrected chi connectivity index (χ4v) is 2.35. The maximum atomic E-state index is 12.2. The molecule has 0 saturated heterocycles. The van der Waals surface area contributed by atoms with Crippen molar-refractivity contribution in [3.8, 4) is 5.75 Å². The molecule has 0 fully saturated rings. The van der Waals surface area contributed by atoms with Crippen molar-refractivity contribution in [1.29, 1.82) is 0 Å². The van der Waals surface area contributed by atoms with Gasteiger partial charge in [0.1, 0.15) is 11.9 Å². The molecule has 20 heavy (non-hydrogen) atoms. The second-order valence-electron chi connectivity index (χ2n) is 5.05. The lowest BCUT2D eigenvalue weighted by Gasteiger charge is -2.30. The number of carbonyl (C=O) groups is 1. The number of aromatic nitrogens is 2. The van der Waals surface area contributed by atoms with Gasteiger partial charge >= 0.3 is 5.97 Å². The van der Waals surface area contributed by atoms with E-state index in [0.29, 0.717) is 12.2 Å². The van der Waals surface area contributed by atoms with Gasteiger partial charge < -0.3 is 9.47 Å². The molecule has 0 bridgehead atoms. The van der Waals surface area contributed by atoms with Crippen LogP contribution >= 0.6 is 0 Å². The first-order valence-electron chi connectivity index (χ1n) is 6.56. The van der Waals surface area contributed by atoms with Crippen LogP contribution in [-0.2, 0) is 11.8 Å². The highest BCUT2D eigenvalue weighted by molar-refractivity contribution is 5.89. The van der Waals surface area contributed by atoms with Gasteiger partial charge in [-0.3, -0.25) is 4.68 Å². The molecule has 0 radical (unpaired) electrons. The van der Waals surface area contributed by atoms with Crippen molar-refractivity contribution in [2.75, 3.05) is 6.61 Å². The molecule has 0 saturated carbocycles. The number of rotatable bonds is 2. The topological polar surface area (TPSA) is 53.4 Å². The monoisotopic (exact) mass is 272 g/mol. The third-order valence-electron chi connectivity index (χ3n) is 3.42. The normalized spacial score (nSPS) is 20.9. The zero-order valence-corrected chi connectivity index (χ0v) is 11.4. The molecule has 1 aromatic carbocycles. The minimum atomic E-state index is -0.355. The summed E-state index contributed by atoms with van der Waals surface area (Å²) in [5, 5.41) is 3.99. The van der Waals surface area contributed by atoms with Crippen LogP contribution in [-0.4, -0.2) is 22.4 Å². The fourth-order valence-electron chi connectivity index (χ4n) is 2.35. The third-order valence-corrected chi connectivity index (χ3v) is 3.42. The molecule has 1 aliphatic heterocycles. The Morgan fingerprint density at radius 1 is 1.45 bits per heavy atom. The maximum Gasteiger partial charge on any atom is 0.341 e. The number of hydrogen-bond acceptors (Lipinski definition) is 4. The van der Waals surface area contributed by atoms with Crippen molar-refractivity contribution in [2.24, 2.45) is 13.0 Å². The van der Waals surface area contributed by atoms with Gasteiger partial charge in [-0.1, -0.05) is 25.1 Å². The number of carbonyl (C=O) groups excluding carboxylic acids is 1. The van der Waals surface area contributed by atoms with E-state index in [9.17, 15) is 4.79 Å². The van der Waals surface area contributed by atoms with Crippen LogP contribution in [0.5, 0.6) is 5.75 Å². The number of para-hydroxylation sites is 1. The summed E-state index contributed by atoms with van der Waals surface area (Å²) in [4.78, 5) is 12.2. The van der Waals surface area contributed by atoms with Crippen LogP contribution in [0, 0.1) is 5.92 Å². The van der Waals surface area contributed by atoms with E-state index in [4.69, 9.17) is 9.47 Å². The van der Waals surface area contributed by atoms with E-state index < -0.39 is 0 Å². The molecular formula is C15H16N2O3. The molecule has 0 aliphatic carbocycles. The molecule has 0 N–H and O–H groups in total. The van der Waals surface area contributed by atoms with Crippen molar-refractivity contribution in [3.63, 3.8) is 0 Å². The van der Waals surface area contributed by atoms with Crippen LogP contribution in [0.1, 0.15) is 28.9 Å². The lowest BCUT2D eigenvalue weighted by atomic mass is 9.94. The van der Waals surface area contributed by atoms with Gasteiger partial charge in [0.2, 0.25) is 0 Å². The van der Waals surface area contributed by atoms with Crippen LogP contribution in [0.15, 0.2) is 36.7 Å². The zero-order valence-electron chi connectivity index (χ0n) is 11.4. The quantitative estimate of drug-likeness (QED) is 0.787. The van der Waals surface area contributed by atoms with Crippen LogP contribution in [0.2, 0.25) is 0 Å². The van der Waals surface area contributed by atoms with E-state index in [1.807, 2.05) is 31.2 Å². The summed E-state index contributed by atoms with van der Waals surface area (Å²) in [6.45, 7) is 2.55. The van der Waals surface area contributed by atoms with Gasteiger partial charge in [-0.25, -0.2) is 4.79 Å². The maximum absolute atomic E-state index is 12.2. The summed E-state index contributed by atoms with van der Waals surface area (Å²) in [7, 11) is 1.77. The minimum Gasteiger partial charge on any atom is -0.493 e. The summed E-state index contributed by atoms with van der Waals surface area (Å²) in [5.41, 5.74) is 1.38. The van der Waals surface area contributed by atoms with E-state index in [-0.39, 0.29) is 18.0 Å². The summed E-state index contributed by atoms with van der Waals surface area (Å²) in [6, 6.07) is 7.66. The molecule has 2 heterocycles. The highest BCUT2D eigenvalue weighted by atomic mass is 16.6. The SMILES string of the molecule is C[C@@H]1COc2ccccc2[C@@H]1OC(=O)c1cnn(C)c1. The van der Waals surface area contributed by atoms with E-state index in [1.54, 1.807) is 17.9 Å². The third kappa shape index (κ3) is 2.27. The Balaban J connectivity index is 1.85. The molecule has 1 aliphatic rings. The van der Waals surface area contributed by atoms with Crippen LogP contribution in [0.4, 0.5) is 0 Å². The Bertz CT molecular complexity index is 636. The average Bonchev–Trinajstić information content (AvgIpc) is 2.89. The second-order valence-corrected chi connectivity index (χ2v) is 5.05. The van der Waals surface area contributed by atoms with Gasteiger partial charge in [-0.15, -0.1) is 0 Å². The number of ether oxygens (including phenoxy) is 2. The van der Waals surface area contributed by atoms with E-state index >= 15 is 0 Å². The number of nitrogens with zero attached hydrogens (tertiary/aromatic N) is 2. The molecule has 2 aromatic rings. The van der Waals surface area contributed by atoms with E-state index in [1.165, 1.54) is 6.20 Å². The van der Waals surface area contributed by atoms with E-state index in [0.717, 1.165) is 11.3 Å². The van der Waals surface area contributed by atoms with Crippen molar-refractivity contribution in [3.05, 3.63) is 47.8 Å². The Morgan fingerprint density at radius 3 is 3.00 bits per heavy atom. The van der Waals surface area contributed by atoms with Gasteiger partial charge in [0.25, 0.3) is 0 Å². The van der Waals surface area contributed by atoms with Crippen LogP contribution < -0.4 is 4.74 Å². The van der Waals surface area contributed by atoms with Crippen LogP contribution in [0.25, 0.3) is 0 Å². The summed E-state index contributed by atoms with van der Waals surface area (Å²) in [5.74, 6) is 0.548. The molecule has 0 unspecified atom stereocenters. The molecule has 0 amide bonds. The fraction of sp³-hybridized carbons (Fsp3) is 0.333. The molecule has 1 aromatic heterocycles. The number of benzene rings is 1. The highest BCUT2D eigenvalue weighted by Crippen LogP contribution is 2.37. The van der Waals surface area contributed by atoms with Crippen molar-refractivity contribution >= 4 is 5.97 Å². The van der Waals surface area contributed by atoms with Gasteiger partial charge in [0, 0.05) is 24.7 Å². The van der Waals surface area contributed by atoms with Gasteiger partial charge in [0.05, 0.1) is 18.4 Å². The summed E-state index contributed by atoms with van der Waals surface area (Å²) < 4.78 is 12.9. The van der Waals surface area contributed by atoms with Crippen molar-refractivity contribution in [2.45, 2.75) is 13.0 Å². The molecule has 5 nitrogen and oxygen atoms in total. The first kappa shape index (κ1) is 12.7. The van der Waals surface area contributed by atoms with Crippen molar-refractivity contribution < 1.29 is 14.3 Å². The average molecular weight is 272 g/mol. The highest BCUT2D eigenvalue weighted by Gasteiger charge is 2.31. The predicted molar refractivity (Wildman–Crippen MR) is 72.5 cm³/mol. The summed E-state index contributed by atoms with van der Waals surface area (Å²) >= 11 is 0. The zero-order chi connectivity index (χ0) is 14.1. The number of aryl methyl sites for hydroxylation is 1. The van der Waals surface area contributed by atoms with E-state index in [2.05, 4.69) is 5.10 Å². The Hall–Kier alpha value is -2.30. The van der Waals surface area contributed by atoms with Crippen molar-refractivity contribution in [1.82, 2.24) is 9.78 Å². The number of hydrogen-bond donors (Lipinski definition) is 0. The van der Waals surface area contributed by atoms with Crippen LogP contribution in [0.3, 0.4) is 0 Å². The Kier molecular flexibility index (Phi) is 3.18. The Morgan fingerprint density at radius 2 is 2.25 bits per heavy atom. The second kappa shape index (κ2) is 5.00. The summed E-state index contributed by atoms with van der Waals surface area (Å²) in [6.07, 6.45) is 2.88. The number of fused-ring (bicyclic) bond motifs is 1. The Labute approximate surface area is 117 Å². The lowest BCUT2D eigenvalue weighted by Crippen LogP contribution is -2.27. The largest absolute Gasteiger partial charge is 0.493 e. The molecule has 104 valence electrons. The standard InChI is InChI=1S/C15H16N2O3/c1-10-9-19-13-6-4-3-5-12(13)14(10)20-15(18)11-7-16-17(2)8-11/h3-8,10,14H,9H2,1-2H3/t10-,14-/m1/s1. The molecule has 0 spiro atoms. The minimum absolute atomic E-state index is 0.116. The van der Waals surface area contributed by atoms with Gasteiger partial charge in [-0.05, 0) is 6.07 Å². The van der Waals surface area contributed by atoms with Gasteiger partial charge in [0.15, 0.2) is 0 Å².